The Morgan fingerprint density at radius 3 is 2.50 bits per heavy atom. The summed E-state index contributed by atoms with van der Waals surface area (Å²) in [6, 6.07) is 11.1. The van der Waals surface area contributed by atoms with Crippen LogP contribution in [0.15, 0.2) is 53.0 Å². The molecule has 2 aromatic carbocycles. The maximum Gasteiger partial charge on any atom is 0.185 e. The molecule has 0 saturated carbocycles. The lowest BCUT2D eigenvalue weighted by molar-refractivity contribution is 0.104. The SMILES string of the molecule is COc1ccc(C(=O)/C=C/c2ccc(F)cc2)cc1Br. The topological polar surface area (TPSA) is 26.3 Å². The van der Waals surface area contributed by atoms with Gasteiger partial charge in [-0.15, -0.1) is 0 Å². The minimum atomic E-state index is -0.299. The number of allylic oxidation sites excluding steroid dienone is 1. The molecule has 0 unspecified atom stereocenters. The number of ether oxygens (including phenoxy) is 1. The van der Waals surface area contributed by atoms with E-state index in [4.69, 9.17) is 4.74 Å². The molecular formula is C16H12BrFO2. The van der Waals surface area contributed by atoms with Gasteiger partial charge in [0.2, 0.25) is 0 Å². The number of hydrogen-bond acceptors (Lipinski definition) is 2. The van der Waals surface area contributed by atoms with E-state index in [1.54, 1.807) is 43.5 Å². The van der Waals surface area contributed by atoms with Gasteiger partial charge in [-0.3, -0.25) is 4.79 Å². The number of benzene rings is 2. The first-order chi connectivity index (χ1) is 9.60. The molecule has 20 heavy (non-hydrogen) atoms. The smallest absolute Gasteiger partial charge is 0.185 e. The minimum Gasteiger partial charge on any atom is -0.496 e. The highest BCUT2D eigenvalue weighted by Gasteiger charge is 2.06. The van der Waals surface area contributed by atoms with Crippen molar-refractivity contribution in [3.8, 4) is 5.75 Å². The van der Waals surface area contributed by atoms with E-state index < -0.39 is 0 Å². The third kappa shape index (κ3) is 3.54. The Balaban J connectivity index is 2.15. The second-order valence-electron chi connectivity index (χ2n) is 4.10. The minimum absolute atomic E-state index is 0.127. The molecule has 0 aliphatic heterocycles. The van der Waals surface area contributed by atoms with Gasteiger partial charge in [0.25, 0.3) is 0 Å². The van der Waals surface area contributed by atoms with Gasteiger partial charge in [0.05, 0.1) is 11.6 Å². The first-order valence-electron chi connectivity index (χ1n) is 5.91. The van der Waals surface area contributed by atoms with Crippen LogP contribution < -0.4 is 4.74 Å². The van der Waals surface area contributed by atoms with Crippen LogP contribution in [0.3, 0.4) is 0 Å². The first-order valence-corrected chi connectivity index (χ1v) is 6.71. The summed E-state index contributed by atoms with van der Waals surface area (Å²) in [7, 11) is 1.57. The van der Waals surface area contributed by atoms with E-state index in [1.807, 2.05) is 0 Å². The molecule has 2 aromatic rings. The lowest BCUT2D eigenvalue weighted by Gasteiger charge is -2.04. The molecule has 0 aromatic heterocycles. The zero-order valence-corrected chi connectivity index (χ0v) is 12.4. The van der Waals surface area contributed by atoms with Crippen molar-refractivity contribution >= 4 is 27.8 Å². The molecule has 0 amide bonds. The van der Waals surface area contributed by atoms with Crippen molar-refractivity contribution in [3.05, 3.63) is 70.0 Å². The summed E-state index contributed by atoms with van der Waals surface area (Å²) in [5.41, 5.74) is 1.32. The van der Waals surface area contributed by atoms with Gasteiger partial charge in [-0.05, 0) is 57.9 Å². The van der Waals surface area contributed by atoms with Crippen molar-refractivity contribution in [1.82, 2.24) is 0 Å². The van der Waals surface area contributed by atoms with E-state index in [-0.39, 0.29) is 11.6 Å². The van der Waals surface area contributed by atoms with Crippen LogP contribution >= 0.6 is 15.9 Å². The molecule has 2 nitrogen and oxygen atoms in total. The van der Waals surface area contributed by atoms with Gasteiger partial charge in [-0.25, -0.2) is 4.39 Å². The fraction of sp³-hybridized carbons (Fsp3) is 0.0625. The Hall–Kier alpha value is -1.94. The van der Waals surface area contributed by atoms with Crippen molar-refractivity contribution in [2.45, 2.75) is 0 Å². The summed E-state index contributed by atoms with van der Waals surface area (Å²) < 4.78 is 18.6. The third-order valence-corrected chi connectivity index (χ3v) is 3.35. The van der Waals surface area contributed by atoms with Crippen LogP contribution in [0, 0.1) is 5.82 Å². The van der Waals surface area contributed by atoms with Crippen molar-refractivity contribution < 1.29 is 13.9 Å². The Morgan fingerprint density at radius 1 is 1.20 bits per heavy atom. The molecule has 0 saturated heterocycles. The summed E-state index contributed by atoms with van der Waals surface area (Å²) in [5, 5.41) is 0. The molecule has 0 N–H and O–H groups in total. The van der Waals surface area contributed by atoms with Gasteiger partial charge < -0.3 is 4.74 Å². The van der Waals surface area contributed by atoms with Crippen molar-refractivity contribution in [3.63, 3.8) is 0 Å². The first kappa shape index (κ1) is 14.5. The number of methoxy groups -OCH3 is 1. The second kappa shape index (κ2) is 6.48. The summed E-state index contributed by atoms with van der Waals surface area (Å²) >= 11 is 3.34. The highest BCUT2D eigenvalue weighted by Crippen LogP contribution is 2.25. The van der Waals surface area contributed by atoms with E-state index in [0.29, 0.717) is 11.3 Å². The molecule has 0 aliphatic rings. The summed E-state index contributed by atoms with van der Waals surface area (Å²) in [5.74, 6) is 0.245. The summed E-state index contributed by atoms with van der Waals surface area (Å²) in [6.45, 7) is 0. The molecular weight excluding hydrogens is 323 g/mol. The molecule has 0 aliphatic carbocycles. The van der Waals surface area contributed by atoms with Crippen molar-refractivity contribution in [2.24, 2.45) is 0 Å². The predicted octanol–water partition coefficient (Wildman–Crippen LogP) is 4.49. The Kier molecular flexibility index (Phi) is 4.69. The van der Waals surface area contributed by atoms with Crippen molar-refractivity contribution in [1.29, 1.82) is 0 Å². The molecule has 0 bridgehead atoms. The van der Waals surface area contributed by atoms with Crippen LogP contribution in [0.2, 0.25) is 0 Å². The molecule has 102 valence electrons. The lowest BCUT2D eigenvalue weighted by atomic mass is 10.1. The molecule has 4 heteroatoms. The summed E-state index contributed by atoms with van der Waals surface area (Å²) in [6.07, 6.45) is 3.11. The van der Waals surface area contributed by atoms with E-state index in [9.17, 15) is 9.18 Å². The summed E-state index contributed by atoms with van der Waals surface area (Å²) in [4.78, 5) is 12.0. The van der Waals surface area contributed by atoms with Gasteiger partial charge in [0.1, 0.15) is 11.6 Å². The monoisotopic (exact) mass is 334 g/mol. The fourth-order valence-electron chi connectivity index (χ4n) is 1.66. The maximum atomic E-state index is 12.8. The average molecular weight is 335 g/mol. The van der Waals surface area contributed by atoms with Gasteiger partial charge in [-0.1, -0.05) is 18.2 Å². The Labute approximate surface area is 125 Å². The largest absolute Gasteiger partial charge is 0.496 e. The third-order valence-electron chi connectivity index (χ3n) is 2.73. The average Bonchev–Trinajstić information content (AvgIpc) is 2.46. The molecule has 2 rings (SSSR count). The Morgan fingerprint density at radius 2 is 1.90 bits per heavy atom. The molecule has 0 atom stereocenters. The van der Waals surface area contributed by atoms with Gasteiger partial charge in [-0.2, -0.15) is 0 Å². The van der Waals surface area contributed by atoms with Crippen LogP contribution in [0.1, 0.15) is 15.9 Å². The number of halogens is 2. The zero-order valence-electron chi connectivity index (χ0n) is 10.8. The number of ketones is 1. The highest BCUT2D eigenvalue weighted by molar-refractivity contribution is 9.10. The van der Waals surface area contributed by atoms with E-state index in [2.05, 4.69) is 15.9 Å². The van der Waals surface area contributed by atoms with E-state index in [0.717, 1.165) is 10.0 Å². The van der Waals surface area contributed by atoms with Gasteiger partial charge in [0.15, 0.2) is 5.78 Å². The fourth-order valence-corrected chi connectivity index (χ4v) is 2.20. The molecule has 0 radical (unpaired) electrons. The van der Waals surface area contributed by atoms with Crippen LogP contribution in [0.4, 0.5) is 4.39 Å². The van der Waals surface area contributed by atoms with Crippen LogP contribution in [-0.2, 0) is 0 Å². The number of rotatable bonds is 4. The van der Waals surface area contributed by atoms with Crippen LogP contribution in [0.25, 0.3) is 6.08 Å². The normalized spacial score (nSPS) is 10.8. The maximum absolute atomic E-state index is 12.8. The number of carbonyl (C=O) groups excluding carboxylic acids is 1. The van der Waals surface area contributed by atoms with Crippen LogP contribution in [-0.4, -0.2) is 12.9 Å². The zero-order chi connectivity index (χ0) is 14.5. The highest BCUT2D eigenvalue weighted by atomic mass is 79.9. The van der Waals surface area contributed by atoms with Gasteiger partial charge in [0, 0.05) is 5.56 Å². The molecule has 0 heterocycles. The van der Waals surface area contributed by atoms with E-state index >= 15 is 0 Å². The van der Waals surface area contributed by atoms with Gasteiger partial charge >= 0.3 is 0 Å². The number of hydrogen-bond donors (Lipinski definition) is 0. The predicted molar refractivity (Wildman–Crippen MR) is 80.5 cm³/mol. The lowest BCUT2D eigenvalue weighted by Crippen LogP contribution is -1.95. The number of carbonyl (C=O) groups is 1. The van der Waals surface area contributed by atoms with E-state index in [1.165, 1.54) is 18.2 Å². The standard InChI is InChI=1S/C16H12BrFO2/c1-20-16-9-5-12(10-14(16)17)15(19)8-4-11-2-6-13(18)7-3-11/h2-10H,1H3/b8-4+. The molecule has 0 spiro atoms. The Bertz CT molecular complexity index is 648. The second-order valence-corrected chi connectivity index (χ2v) is 4.95. The van der Waals surface area contributed by atoms with Crippen LogP contribution in [0.5, 0.6) is 5.75 Å². The quantitative estimate of drug-likeness (QED) is 0.608. The van der Waals surface area contributed by atoms with Crippen molar-refractivity contribution in [2.75, 3.05) is 7.11 Å². The molecule has 0 fully saturated rings.